The average Bonchev–Trinajstić information content (AvgIpc) is 2.71. The highest BCUT2D eigenvalue weighted by atomic mass is 32.2. The van der Waals surface area contributed by atoms with Crippen molar-refractivity contribution < 1.29 is 13.2 Å². The maximum absolute atomic E-state index is 12.4. The van der Waals surface area contributed by atoms with Crippen molar-refractivity contribution in [3.63, 3.8) is 0 Å². The van der Waals surface area contributed by atoms with E-state index in [2.05, 4.69) is 29.6 Å². The number of rotatable bonds is 7. The first-order valence-electron chi connectivity index (χ1n) is 9.17. The van der Waals surface area contributed by atoms with Gasteiger partial charge in [-0.1, -0.05) is 48.5 Å². The van der Waals surface area contributed by atoms with Gasteiger partial charge in [-0.25, -0.2) is 12.7 Å². The van der Waals surface area contributed by atoms with Crippen molar-refractivity contribution in [3.8, 4) is 0 Å². The Morgan fingerprint density at radius 1 is 0.964 bits per heavy atom. The predicted molar refractivity (Wildman–Crippen MR) is 112 cm³/mol. The monoisotopic (exact) mass is 396 g/mol. The van der Waals surface area contributed by atoms with E-state index in [1.54, 1.807) is 12.1 Å². The molecule has 5 nitrogen and oxygen atoms in total. The quantitative estimate of drug-likeness (QED) is 0.622. The summed E-state index contributed by atoms with van der Waals surface area (Å²) in [6.07, 6.45) is 1.66. The lowest BCUT2D eigenvalue weighted by Gasteiger charge is -2.12. The molecule has 3 aromatic carbocycles. The van der Waals surface area contributed by atoms with Crippen LogP contribution in [-0.2, 0) is 16.4 Å². The van der Waals surface area contributed by atoms with Crippen LogP contribution in [0.1, 0.15) is 22.3 Å². The zero-order valence-electron chi connectivity index (χ0n) is 16.1. The molecule has 0 saturated heterocycles. The minimum absolute atomic E-state index is 0.112. The van der Waals surface area contributed by atoms with E-state index < -0.39 is 10.0 Å². The van der Waals surface area contributed by atoms with Crippen molar-refractivity contribution in [1.82, 2.24) is 9.62 Å². The zero-order chi connectivity index (χ0) is 20.1. The van der Waals surface area contributed by atoms with Gasteiger partial charge in [0.2, 0.25) is 10.0 Å². The summed E-state index contributed by atoms with van der Waals surface area (Å²) in [5.74, 6) is -0.270. The maximum Gasteiger partial charge on any atom is 0.251 e. The summed E-state index contributed by atoms with van der Waals surface area (Å²) in [5, 5.41) is 5.32. The molecule has 0 bridgehead atoms. The molecule has 0 spiro atoms. The highest BCUT2D eigenvalue weighted by molar-refractivity contribution is 7.89. The van der Waals surface area contributed by atoms with Crippen LogP contribution < -0.4 is 5.32 Å². The number of hydrogen-bond donors (Lipinski definition) is 1. The Balaban J connectivity index is 1.60. The number of aryl methyl sites for hydroxylation is 1. The van der Waals surface area contributed by atoms with Gasteiger partial charge >= 0.3 is 0 Å². The van der Waals surface area contributed by atoms with E-state index in [-0.39, 0.29) is 10.8 Å². The summed E-state index contributed by atoms with van der Waals surface area (Å²) in [4.78, 5) is 12.5. The summed E-state index contributed by atoms with van der Waals surface area (Å²) in [6, 6.07) is 20.6. The van der Waals surface area contributed by atoms with Crippen LogP contribution in [0.15, 0.2) is 71.6 Å². The summed E-state index contributed by atoms with van der Waals surface area (Å²) in [5.41, 5.74) is 1.60. The van der Waals surface area contributed by atoms with Crippen LogP contribution in [0.3, 0.4) is 0 Å². The molecule has 0 atom stereocenters. The van der Waals surface area contributed by atoms with Crippen molar-refractivity contribution in [2.45, 2.75) is 17.7 Å². The van der Waals surface area contributed by atoms with Gasteiger partial charge in [0.25, 0.3) is 5.91 Å². The molecular formula is C22H24N2O3S. The average molecular weight is 397 g/mol. The Labute approximate surface area is 166 Å². The van der Waals surface area contributed by atoms with Crippen LogP contribution in [0.25, 0.3) is 10.8 Å². The van der Waals surface area contributed by atoms with Crippen molar-refractivity contribution in [3.05, 3.63) is 77.9 Å². The fourth-order valence-electron chi connectivity index (χ4n) is 3.10. The Hall–Kier alpha value is -2.70. The van der Waals surface area contributed by atoms with Crippen molar-refractivity contribution in [1.29, 1.82) is 0 Å². The van der Waals surface area contributed by atoms with E-state index in [0.29, 0.717) is 12.1 Å². The minimum Gasteiger partial charge on any atom is -0.352 e. The summed E-state index contributed by atoms with van der Waals surface area (Å²) in [7, 11) is -0.626. The molecule has 0 aromatic heterocycles. The number of carbonyl (C=O) groups is 1. The van der Waals surface area contributed by atoms with E-state index in [1.807, 2.05) is 18.2 Å². The number of sulfonamides is 1. The third-order valence-electron chi connectivity index (χ3n) is 4.66. The molecular weight excluding hydrogens is 372 g/mol. The van der Waals surface area contributed by atoms with Gasteiger partial charge in [-0.05, 0) is 47.4 Å². The lowest BCUT2D eigenvalue weighted by atomic mass is 10.0. The van der Waals surface area contributed by atoms with Crippen LogP contribution in [0.4, 0.5) is 0 Å². The van der Waals surface area contributed by atoms with Gasteiger partial charge in [-0.3, -0.25) is 4.79 Å². The molecule has 3 rings (SSSR count). The molecule has 0 unspecified atom stereocenters. The standard InChI is InChI=1S/C22H24N2O3S/c1-24(2)28(26,27)20-13-6-11-19(16-20)22(25)23-15-7-12-18-10-5-9-17-8-3-4-14-21(17)18/h3-6,8-11,13-14,16H,7,12,15H2,1-2H3,(H,23,25). The van der Waals surface area contributed by atoms with E-state index >= 15 is 0 Å². The molecule has 0 saturated carbocycles. The first kappa shape index (κ1) is 20.0. The molecule has 3 aromatic rings. The molecule has 6 heteroatoms. The SMILES string of the molecule is CN(C)S(=O)(=O)c1cccc(C(=O)NCCCc2cccc3ccccc23)c1. The normalized spacial score (nSPS) is 11.7. The molecule has 28 heavy (non-hydrogen) atoms. The third kappa shape index (κ3) is 4.40. The van der Waals surface area contributed by atoms with Crippen LogP contribution in [-0.4, -0.2) is 39.3 Å². The molecule has 146 valence electrons. The Morgan fingerprint density at radius 2 is 1.68 bits per heavy atom. The maximum atomic E-state index is 12.4. The predicted octanol–water partition coefficient (Wildman–Crippen LogP) is 3.45. The second-order valence-electron chi connectivity index (χ2n) is 6.81. The van der Waals surface area contributed by atoms with Gasteiger partial charge in [0.15, 0.2) is 0 Å². The minimum atomic E-state index is -3.56. The van der Waals surface area contributed by atoms with Crippen molar-refractivity contribution >= 4 is 26.7 Å². The topological polar surface area (TPSA) is 66.5 Å². The summed E-state index contributed by atoms with van der Waals surface area (Å²) >= 11 is 0. The Kier molecular flexibility index (Phi) is 6.11. The number of hydrogen-bond acceptors (Lipinski definition) is 3. The fourth-order valence-corrected chi connectivity index (χ4v) is 4.05. The van der Waals surface area contributed by atoms with E-state index in [9.17, 15) is 13.2 Å². The summed E-state index contributed by atoms with van der Waals surface area (Å²) in [6.45, 7) is 0.521. The smallest absolute Gasteiger partial charge is 0.251 e. The van der Waals surface area contributed by atoms with Crippen molar-refractivity contribution in [2.24, 2.45) is 0 Å². The molecule has 0 heterocycles. The summed E-state index contributed by atoms with van der Waals surface area (Å²) < 4.78 is 25.6. The molecule has 0 radical (unpaired) electrons. The third-order valence-corrected chi connectivity index (χ3v) is 6.47. The van der Waals surface area contributed by atoms with Crippen LogP contribution in [0.2, 0.25) is 0 Å². The number of benzene rings is 3. The number of nitrogens with zero attached hydrogens (tertiary/aromatic N) is 1. The van der Waals surface area contributed by atoms with Gasteiger partial charge < -0.3 is 5.32 Å². The van der Waals surface area contributed by atoms with Gasteiger partial charge in [-0.15, -0.1) is 0 Å². The van der Waals surface area contributed by atoms with E-state index in [0.717, 1.165) is 17.1 Å². The van der Waals surface area contributed by atoms with Crippen LogP contribution in [0.5, 0.6) is 0 Å². The number of amides is 1. The first-order valence-corrected chi connectivity index (χ1v) is 10.6. The largest absolute Gasteiger partial charge is 0.352 e. The molecule has 1 amide bonds. The molecule has 0 aliphatic carbocycles. The van der Waals surface area contributed by atoms with Crippen LogP contribution >= 0.6 is 0 Å². The Bertz CT molecular complexity index is 1090. The van der Waals surface area contributed by atoms with Gasteiger partial charge in [0, 0.05) is 26.2 Å². The highest BCUT2D eigenvalue weighted by Gasteiger charge is 2.18. The van der Waals surface area contributed by atoms with Gasteiger partial charge in [0.05, 0.1) is 4.90 Å². The van der Waals surface area contributed by atoms with E-state index in [1.165, 1.54) is 42.6 Å². The second kappa shape index (κ2) is 8.54. The van der Waals surface area contributed by atoms with Crippen molar-refractivity contribution in [2.75, 3.05) is 20.6 Å². The van der Waals surface area contributed by atoms with Gasteiger partial charge in [0.1, 0.15) is 0 Å². The molecule has 1 N–H and O–H groups in total. The second-order valence-corrected chi connectivity index (χ2v) is 8.96. The number of carbonyl (C=O) groups excluding carboxylic acids is 1. The lowest BCUT2D eigenvalue weighted by Crippen LogP contribution is -2.26. The highest BCUT2D eigenvalue weighted by Crippen LogP contribution is 2.19. The molecule has 0 fully saturated rings. The van der Waals surface area contributed by atoms with Gasteiger partial charge in [-0.2, -0.15) is 0 Å². The molecule has 0 aliphatic rings. The Morgan fingerprint density at radius 3 is 2.46 bits per heavy atom. The van der Waals surface area contributed by atoms with Crippen LogP contribution in [0, 0.1) is 0 Å². The van der Waals surface area contributed by atoms with E-state index in [4.69, 9.17) is 0 Å². The number of nitrogens with one attached hydrogen (secondary N) is 1. The first-order chi connectivity index (χ1) is 13.4. The number of fused-ring (bicyclic) bond motifs is 1. The fraction of sp³-hybridized carbons (Fsp3) is 0.227. The molecule has 0 aliphatic heterocycles. The lowest BCUT2D eigenvalue weighted by molar-refractivity contribution is 0.0953. The zero-order valence-corrected chi connectivity index (χ0v) is 16.9.